The van der Waals surface area contributed by atoms with Crippen LogP contribution >= 0.6 is 34.8 Å². The van der Waals surface area contributed by atoms with E-state index in [0.29, 0.717) is 5.56 Å². The highest BCUT2D eigenvalue weighted by atomic mass is 35.5. The van der Waals surface area contributed by atoms with Crippen LogP contribution in [0.5, 0.6) is 5.75 Å². The summed E-state index contributed by atoms with van der Waals surface area (Å²) in [5, 5.41) is -0.289. The lowest BCUT2D eigenvalue weighted by atomic mass is 9.97. The summed E-state index contributed by atoms with van der Waals surface area (Å²) in [7, 11) is 0. The summed E-state index contributed by atoms with van der Waals surface area (Å²) in [5.41, 5.74) is 0.153. The van der Waals surface area contributed by atoms with E-state index >= 15 is 0 Å². The van der Waals surface area contributed by atoms with Gasteiger partial charge in [-0.2, -0.15) is 26.3 Å². The average molecular weight is 506 g/mol. The molecule has 0 aliphatic heterocycles. The Morgan fingerprint density at radius 1 is 0.968 bits per heavy atom. The number of alkyl halides is 6. The zero-order chi connectivity index (χ0) is 23.4. The Morgan fingerprint density at radius 3 is 2.00 bits per heavy atom. The van der Waals surface area contributed by atoms with Gasteiger partial charge in [0.15, 0.2) is 5.78 Å². The molecule has 2 rings (SSSR count). The summed E-state index contributed by atoms with van der Waals surface area (Å²) in [5.74, 6) is -3.07. The van der Waals surface area contributed by atoms with E-state index in [2.05, 4.69) is 0 Å². The van der Waals surface area contributed by atoms with Crippen molar-refractivity contribution >= 4 is 46.7 Å². The molecule has 0 aliphatic rings. The molecule has 0 saturated heterocycles. The Balaban J connectivity index is 2.12. The number of Topliss-reactive ketones (excluding diaryl/α,β-unsaturated/α-hetero) is 1. The van der Waals surface area contributed by atoms with Crippen molar-refractivity contribution in [2.75, 3.05) is 6.61 Å². The molecular weight excluding hydrogens is 493 g/mol. The second-order valence-electron chi connectivity index (χ2n) is 6.37. The number of halogens is 9. The maximum absolute atomic E-state index is 13.5. The summed E-state index contributed by atoms with van der Waals surface area (Å²) >= 11 is 17.4. The Hall–Kier alpha value is -1.90. The molecule has 11 heteroatoms. The quantitative estimate of drug-likeness (QED) is 0.282. The highest BCUT2D eigenvalue weighted by molar-refractivity contribution is 6.48. The van der Waals surface area contributed by atoms with Crippen LogP contribution in [0.25, 0.3) is 6.08 Å². The van der Waals surface area contributed by atoms with E-state index < -0.39 is 37.1 Å². The fourth-order valence-corrected chi connectivity index (χ4v) is 3.10. The fraction of sp³-hybridized carbons (Fsp3) is 0.250. The molecule has 0 amide bonds. The van der Waals surface area contributed by atoms with E-state index in [0.717, 1.165) is 18.2 Å². The Morgan fingerprint density at radius 2 is 1.52 bits per heavy atom. The molecule has 0 spiro atoms. The number of allylic oxidation sites excluding steroid dienone is 1. The molecule has 0 saturated carbocycles. The number of ketones is 1. The first kappa shape index (κ1) is 25.4. The van der Waals surface area contributed by atoms with E-state index in [4.69, 9.17) is 39.5 Å². The Labute approximate surface area is 188 Å². The van der Waals surface area contributed by atoms with Gasteiger partial charge in [-0.1, -0.05) is 59.1 Å². The number of carbonyl (C=O) groups excluding carboxylic acids is 1. The van der Waals surface area contributed by atoms with E-state index in [1.165, 1.54) is 30.3 Å². The van der Waals surface area contributed by atoms with Crippen molar-refractivity contribution in [2.24, 2.45) is 0 Å². The van der Waals surface area contributed by atoms with Crippen molar-refractivity contribution in [2.45, 2.75) is 24.7 Å². The molecule has 0 fully saturated rings. The van der Waals surface area contributed by atoms with Crippen LogP contribution < -0.4 is 4.74 Å². The standard InChI is InChI=1S/C20H13Cl3F6O2/c21-16-7-12(8-17(22)18(16)23)15(20(27,28)29)6-3-11-1-4-14(5-2-11)31-10-13(30)9-19(24,25)26/h1-8,15H,9-10H2/b6-3-. The van der Waals surface area contributed by atoms with E-state index in [1.54, 1.807) is 0 Å². The van der Waals surface area contributed by atoms with E-state index in [9.17, 15) is 31.1 Å². The van der Waals surface area contributed by atoms with E-state index in [-0.39, 0.29) is 26.4 Å². The molecule has 2 aromatic rings. The van der Waals surface area contributed by atoms with Crippen LogP contribution in [0.15, 0.2) is 42.5 Å². The molecule has 0 aromatic heterocycles. The Bertz CT molecular complexity index is 930. The average Bonchev–Trinajstić information content (AvgIpc) is 2.63. The van der Waals surface area contributed by atoms with Gasteiger partial charge in [0.2, 0.25) is 0 Å². The van der Waals surface area contributed by atoms with Crippen LogP contribution in [0.1, 0.15) is 23.5 Å². The molecular formula is C20H13Cl3F6O2. The highest BCUT2D eigenvalue weighted by Crippen LogP contribution is 2.41. The van der Waals surface area contributed by atoms with Crippen molar-refractivity contribution in [3.8, 4) is 5.75 Å². The fourth-order valence-electron chi connectivity index (χ4n) is 2.48. The molecule has 0 radical (unpaired) electrons. The summed E-state index contributed by atoms with van der Waals surface area (Å²) in [6.07, 6.45) is -8.77. The molecule has 0 N–H and O–H groups in total. The summed E-state index contributed by atoms with van der Waals surface area (Å²) in [6.45, 7) is -0.775. The minimum absolute atomic E-state index is 0.0544. The van der Waals surface area contributed by atoms with Gasteiger partial charge in [0.05, 0.1) is 21.0 Å². The largest absolute Gasteiger partial charge is 0.486 e. The minimum Gasteiger partial charge on any atom is -0.486 e. The predicted octanol–water partition coefficient (Wildman–Crippen LogP) is 7.91. The van der Waals surface area contributed by atoms with Gasteiger partial charge in [-0.15, -0.1) is 0 Å². The maximum Gasteiger partial charge on any atom is 0.399 e. The molecule has 2 nitrogen and oxygen atoms in total. The SMILES string of the molecule is O=C(COc1ccc(/C=C\C(c2cc(Cl)c(Cl)c(Cl)c2)C(F)(F)F)cc1)CC(F)(F)F. The summed E-state index contributed by atoms with van der Waals surface area (Å²) in [6, 6.07) is 7.56. The molecule has 1 unspecified atom stereocenters. The lowest BCUT2D eigenvalue weighted by molar-refractivity contribution is -0.153. The Kier molecular flexibility index (Phi) is 8.30. The molecule has 168 valence electrons. The van der Waals surface area contributed by atoms with Crippen molar-refractivity contribution < 1.29 is 35.9 Å². The van der Waals surface area contributed by atoms with Crippen molar-refractivity contribution in [3.63, 3.8) is 0 Å². The number of ether oxygens (including phenoxy) is 1. The smallest absolute Gasteiger partial charge is 0.399 e. The maximum atomic E-state index is 13.5. The van der Waals surface area contributed by atoms with Gasteiger partial charge < -0.3 is 4.74 Å². The molecule has 0 aliphatic carbocycles. The van der Waals surface area contributed by atoms with Gasteiger partial charge in [0.1, 0.15) is 18.8 Å². The van der Waals surface area contributed by atoms with E-state index in [1.807, 2.05) is 0 Å². The number of hydrogen-bond donors (Lipinski definition) is 0. The van der Waals surface area contributed by atoms with Crippen molar-refractivity contribution in [3.05, 3.63) is 68.7 Å². The third kappa shape index (κ3) is 7.94. The number of carbonyl (C=O) groups is 1. The third-order valence-corrected chi connectivity index (χ3v) is 5.07. The summed E-state index contributed by atoms with van der Waals surface area (Å²) in [4.78, 5) is 11.2. The van der Waals surface area contributed by atoms with Gasteiger partial charge in [-0.25, -0.2) is 0 Å². The van der Waals surface area contributed by atoms with Gasteiger partial charge >= 0.3 is 12.4 Å². The topological polar surface area (TPSA) is 26.3 Å². The number of benzene rings is 2. The highest BCUT2D eigenvalue weighted by Gasteiger charge is 2.39. The second kappa shape index (κ2) is 10.1. The monoisotopic (exact) mass is 504 g/mol. The summed E-state index contributed by atoms with van der Waals surface area (Å²) < 4.78 is 81.9. The molecule has 1 atom stereocenters. The first-order chi connectivity index (χ1) is 14.3. The molecule has 2 aromatic carbocycles. The molecule has 31 heavy (non-hydrogen) atoms. The van der Waals surface area contributed by atoms with Crippen LogP contribution in [0.3, 0.4) is 0 Å². The van der Waals surface area contributed by atoms with Gasteiger partial charge in [0, 0.05) is 0 Å². The zero-order valence-electron chi connectivity index (χ0n) is 15.3. The second-order valence-corrected chi connectivity index (χ2v) is 7.56. The molecule has 0 heterocycles. The minimum atomic E-state index is -4.64. The van der Waals surface area contributed by atoms with Gasteiger partial charge in [-0.05, 0) is 35.4 Å². The van der Waals surface area contributed by atoms with Crippen molar-refractivity contribution in [1.82, 2.24) is 0 Å². The molecule has 0 bridgehead atoms. The van der Waals surface area contributed by atoms with Crippen LogP contribution in [0.4, 0.5) is 26.3 Å². The van der Waals surface area contributed by atoms with Crippen LogP contribution in [0.2, 0.25) is 15.1 Å². The number of rotatable bonds is 7. The first-order valence-electron chi connectivity index (χ1n) is 8.47. The van der Waals surface area contributed by atoms with Crippen LogP contribution in [-0.2, 0) is 4.79 Å². The normalized spacial score (nSPS) is 13.5. The van der Waals surface area contributed by atoms with Crippen LogP contribution in [-0.4, -0.2) is 24.7 Å². The van der Waals surface area contributed by atoms with Gasteiger partial charge in [0.25, 0.3) is 0 Å². The zero-order valence-corrected chi connectivity index (χ0v) is 17.6. The van der Waals surface area contributed by atoms with Crippen LogP contribution in [0, 0.1) is 0 Å². The lowest BCUT2D eigenvalue weighted by Crippen LogP contribution is -2.20. The van der Waals surface area contributed by atoms with Gasteiger partial charge in [-0.3, -0.25) is 4.79 Å². The number of hydrogen-bond acceptors (Lipinski definition) is 2. The van der Waals surface area contributed by atoms with Crippen molar-refractivity contribution in [1.29, 1.82) is 0 Å². The first-order valence-corrected chi connectivity index (χ1v) is 9.60. The predicted molar refractivity (Wildman–Crippen MR) is 107 cm³/mol. The third-order valence-electron chi connectivity index (χ3n) is 3.88. The lowest BCUT2D eigenvalue weighted by Gasteiger charge is -2.18.